The van der Waals surface area contributed by atoms with Gasteiger partial charge in [-0.05, 0) is 53.3 Å². The van der Waals surface area contributed by atoms with E-state index in [0.717, 1.165) is 15.7 Å². The molecule has 1 aromatic rings. The van der Waals surface area contributed by atoms with E-state index in [2.05, 4.69) is 32.3 Å². The molecule has 14 heavy (non-hydrogen) atoms. The normalized spacial score (nSPS) is 9.93. The van der Waals surface area contributed by atoms with Gasteiger partial charge in [0, 0.05) is 0 Å². The molecule has 0 spiro atoms. The summed E-state index contributed by atoms with van der Waals surface area (Å²) in [5.74, 6) is -0.415. The highest BCUT2D eigenvalue weighted by Gasteiger charge is 2.09. The number of nitrogens with zero attached hydrogens (tertiary/aromatic N) is 1. The van der Waals surface area contributed by atoms with Crippen molar-refractivity contribution in [2.24, 2.45) is 5.73 Å². The number of carbonyl (C=O) groups is 1. The Balaban J connectivity index is 3.00. The molecule has 0 atom stereocenters. The molecule has 4 nitrogen and oxygen atoms in total. The van der Waals surface area contributed by atoms with Gasteiger partial charge in [0.2, 0.25) is 0 Å². The third kappa shape index (κ3) is 2.91. The first kappa shape index (κ1) is 11.4. The highest BCUT2D eigenvalue weighted by atomic mass is 127. The monoisotopic (exact) mass is 306 g/mol. The molecular weight excluding hydrogens is 295 g/mol. The van der Waals surface area contributed by atoms with E-state index in [1.807, 2.05) is 6.07 Å². The summed E-state index contributed by atoms with van der Waals surface area (Å²) in [4.78, 5) is 15.3. The summed E-state index contributed by atoms with van der Waals surface area (Å²) in [5, 5.41) is 0. The predicted octanol–water partition coefficient (Wildman–Crippen LogP) is 0.974. The van der Waals surface area contributed by atoms with Crippen LogP contribution in [0.5, 0.6) is 0 Å². The molecule has 76 valence electrons. The van der Waals surface area contributed by atoms with Gasteiger partial charge >= 0.3 is 5.97 Å². The van der Waals surface area contributed by atoms with Crippen LogP contribution in [0.15, 0.2) is 12.1 Å². The number of esters is 1. The zero-order valence-electron chi connectivity index (χ0n) is 7.79. The lowest BCUT2D eigenvalue weighted by atomic mass is 10.2. The summed E-state index contributed by atoms with van der Waals surface area (Å²) in [5.41, 5.74) is 6.77. The smallest absolute Gasteiger partial charge is 0.356 e. The molecule has 0 saturated carbocycles. The summed E-state index contributed by atoms with van der Waals surface area (Å²) in [7, 11) is 1.34. The number of methoxy groups -OCH3 is 1. The van der Waals surface area contributed by atoms with E-state index in [4.69, 9.17) is 5.73 Å². The van der Waals surface area contributed by atoms with Crippen LogP contribution in [0, 0.1) is 3.70 Å². The van der Waals surface area contributed by atoms with E-state index in [1.165, 1.54) is 7.11 Å². The molecule has 0 aliphatic heterocycles. The van der Waals surface area contributed by atoms with Crippen molar-refractivity contribution < 1.29 is 9.53 Å². The van der Waals surface area contributed by atoms with Crippen LogP contribution in [0.2, 0.25) is 0 Å². The van der Waals surface area contributed by atoms with E-state index >= 15 is 0 Å². The number of rotatable bonds is 3. The number of aromatic nitrogens is 1. The lowest BCUT2D eigenvalue weighted by Crippen LogP contribution is -2.08. The Morgan fingerprint density at radius 1 is 1.64 bits per heavy atom. The van der Waals surface area contributed by atoms with Crippen molar-refractivity contribution in [3.05, 3.63) is 27.1 Å². The third-order valence-corrected chi connectivity index (χ3v) is 2.23. The van der Waals surface area contributed by atoms with Crippen LogP contribution in [0.3, 0.4) is 0 Å². The number of nitrogens with two attached hydrogens (primary N) is 1. The van der Waals surface area contributed by atoms with Crippen LogP contribution >= 0.6 is 22.6 Å². The fraction of sp³-hybridized carbons (Fsp3) is 0.333. The van der Waals surface area contributed by atoms with Gasteiger partial charge in [0.25, 0.3) is 0 Å². The fourth-order valence-corrected chi connectivity index (χ4v) is 1.73. The Bertz CT molecular complexity index is 342. The lowest BCUT2D eigenvalue weighted by molar-refractivity contribution is 0.0593. The summed E-state index contributed by atoms with van der Waals surface area (Å²) >= 11 is 2.06. The number of halogens is 1. The molecule has 0 amide bonds. The maximum Gasteiger partial charge on any atom is 0.356 e. The van der Waals surface area contributed by atoms with Gasteiger partial charge in [0.15, 0.2) is 0 Å². The second-order valence-corrected chi connectivity index (χ2v) is 3.82. The van der Waals surface area contributed by atoms with Crippen molar-refractivity contribution in [3.8, 4) is 0 Å². The van der Waals surface area contributed by atoms with Crippen molar-refractivity contribution in [2.75, 3.05) is 13.7 Å². The summed E-state index contributed by atoms with van der Waals surface area (Å²) < 4.78 is 5.36. The van der Waals surface area contributed by atoms with Crippen LogP contribution in [0.4, 0.5) is 0 Å². The maximum absolute atomic E-state index is 11.2. The molecule has 0 unspecified atom stereocenters. The van der Waals surface area contributed by atoms with Gasteiger partial charge in [-0.1, -0.05) is 0 Å². The zero-order chi connectivity index (χ0) is 10.6. The first-order chi connectivity index (χ1) is 6.67. The molecule has 0 aliphatic carbocycles. The quantitative estimate of drug-likeness (QED) is 0.513. The number of pyridine rings is 1. The van der Waals surface area contributed by atoms with Gasteiger partial charge in [0.1, 0.15) is 9.39 Å². The first-order valence-electron chi connectivity index (χ1n) is 4.12. The van der Waals surface area contributed by atoms with E-state index < -0.39 is 5.97 Å². The molecule has 0 aliphatic rings. The summed E-state index contributed by atoms with van der Waals surface area (Å²) in [6, 6.07) is 3.61. The molecule has 1 heterocycles. The molecule has 1 aromatic heterocycles. The second-order valence-electron chi connectivity index (χ2n) is 2.71. The Hall–Kier alpha value is -0.690. The van der Waals surface area contributed by atoms with Crippen molar-refractivity contribution >= 4 is 28.6 Å². The van der Waals surface area contributed by atoms with Gasteiger partial charge in [-0.15, -0.1) is 0 Å². The third-order valence-electron chi connectivity index (χ3n) is 1.68. The minimum Gasteiger partial charge on any atom is -0.464 e. The highest BCUT2D eigenvalue weighted by Crippen LogP contribution is 2.09. The molecule has 1 rings (SSSR count). The molecule has 5 heteroatoms. The van der Waals surface area contributed by atoms with Crippen LogP contribution in [-0.4, -0.2) is 24.6 Å². The molecule has 2 N–H and O–H groups in total. The Morgan fingerprint density at radius 3 is 2.93 bits per heavy atom. The van der Waals surface area contributed by atoms with Crippen molar-refractivity contribution in [2.45, 2.75) is 6.42 Å². The standard InChI is InChI=1S/C9H11IN2O2/c1-14-9(13)7-4-6(2-3-11)5-8(10)12-7/h4-5H,2-3,11H2,1H3. The first-order valence-corrected chi connectivity index (χ1v) is 5.20. The molecule has 0 aromatic carbocycles. The fourth-order valence-electron chi connectivity index (χ4n) is 1.07. The topological polar surface area (TPSA) is 65.2 Å². The minimum atomic E-state index is -0.415. The SMILES string of the molecule is COC(=O)c1cc(CCN)cc(I)n1. The largest absolute Gasteiger partial charge is 0.464 e. The molecule has 0 saturated heterocycles. The zero-order valence-corrected chi connectivity index (χ0v) is 9.95. The van der Waals surface area contributed by atoms with Gasteiger partial charge < -0.3 is 10.5 Å². The molecule has 0 radical (unpaired) electrons. The summed E-state index contributed by atoms with van der Waals surface area (Å²) in [6.45, 7) is 0.556. The van der Waals surface area contributed by atoms with E-state index in [-0.39, 0.29) is 0 Å². The van der Waals surface area contributed by atoms with E-state index in [9.17, 15) is 4.79 Å². The minimum absolute atomic E-state index is 0.336. The number of hydrogen-bond donors (Lipinski definition) is 1. The van der Waals surface area contributed by atoms with Crippen molar-refractivity contribution in [3.63, 3.8) is 0 Å². The van der Waals surface area contributed by atoms with Gasteiger partial charge in [-0.3, -0.25) is 0 Å². The lowest BCUT2D eigenvalue weighted by Gasteiger charge is -2.03. The van der Waals surface area contributed by atoms with Crippen LogP contribution in [-0.2, 0) is 11.2 Å². The second kappa shape index (κ2) is 5.26. The van der Waals surface area contributed by atoms with Gasteiger partial charge in [0.05, 0.1) is 7.11 Å². The average molecular weight is 306 g/mol. The van der Waals surface area contributed by atoms with Crippen molar-refractivity contribution in [1.82, 2.24) is 4.98 Å². The number of hydrogen-bond acceptors (Lipinski definition) is 4. The Morgan fingerprint density at radius 2 is 2.36 bits per heavy atom. The molecular formula is C9H11IN2O2. The Kier molecular flexibility index (Phi) is 4.27. The van der Waals surface area contributed by atoms with Gasteiger partial charge in [-0.25, -0.2) is 9.78 Å². The Labute approximate surface area is 96.0 Å². The number of ether oxygens (including phenoxy) is 1. The average Bonchev–Trinajstić information content (AvgIpc) is 2.16. The number of carbonyl (C=O) groups excluding carboxylic acids is 1. The molecule has 0 bridgehead atoms. The van der Waals surface area contributed by atoms with E-state index in [1.54, 1.807) is 6.07 Å². The maximum atomic E-state index is 11.2. The molecule has 0 fully saturated rings. The summed E-state index contributed by atoms with van der Waals surface area (Å²) in [6.07, 6.45) is 0.739. The van der Waals surface area contributed by atoms with E-state index in [0.29, 0.717) is 12.2 Å². The van der Waals surface area contributed by atoms with Crippen molar-refractivity contribution in [1.29, 1.82) is 0 Å². The van der Waals surface area contributed by atoms with Crippen LogP contribution in [0.1, 0.15) is 16.1 Å². The predicted molar refractivity (Wildman–Crippen MR) is 61.1 cm³/mol. The van der Waals surface area contributed by atoms with Crippen LogP contribution < -0.4 is 5.73 Å². The highest BCUT2D eigenvalue weighted by molar-refractivity contribution is 14.1. The van der Waals surface area contributed by atoms with Crippen LogP contribution in [0.25, 0.3) is 0 Å². The van der Waals surface area contributed by atoms with Gasteiger partial charge in [-0.2, -0.15) is 0 Å².